The van der Waals surface area contributed by atoms with Crippen LogP contribution in [0.15, 0.2) is 36.5 Å². The molecule has 4 nitrogen and oxygen atoms in total. The zero-order chi connectivity index (χ0) is 18.8. The molecule has 2 atom stereocenters. The highest BCUT2D eigenvalue weighted by Gasteiger charge is 2.36. The molecule has 0 saturated carbocycles. The lowest BCUT2D eigenvalue weighted by Gasteiger charge is -2.33. The number of nitrogens with one attached hydrogen (secondary N) is 1. The summed E-state index contributed by atoms with van der Waals surface area (Å²) in [7, 11) is -1.48. The van der Waals surface area contributed by atoms with Gasteiger partial charge in [-0.3, -0.25) is 4.98 Å². The van der Waals surface area contributed by atoms with Crippen molar-refractivity contribution >= 4 is 11.0 Å². The van der Waals surface area contributed by atoms with E-state index in [0.29, 0.717) is 16.8 Å². The van der Waals surface area contributed by atoms with Gasteiger partial charge in [0.05, 0.1) is 33.6 Å². The van der Waals surface area contributed by atoms with Crippen LogP contribution in [0.1, 0.15) is 44.5 Å². The van der Waals surface area contributed by atoms with Crippen LogP contribution in [0.25, 0.3) is 0 Å². The van der Waals surface area contributed by atoms with E-state index in [0.717, 1.165) is 12.1 Å². The number of rotatable bonds is 5. The lowest BCUT2D eigenvalue weighted by atomic mass is 9.89. The minimum absolute atomic E-state index is 0.156. The molecule has 1 aromatic carbocycles. The summed E-state index contributed by atoms with van der Waals surface area (Å²) < 4.78 is 42.2. The molecule has 1 heterocycles. The molecular weight excluding hydrogens is 346 g/mol. The fourth-order valence-electron chi connectivity index (χ4n) is 2.22. The number of hydrogen-bond acceptors (Lipinski definition) is 3. The topological polar surface area (TPSA) is 62.2 Å². The van der Waals surface area contributed by atoms with Gasteiger partial charge in [0.1, 0.15) is 0 Å². The molecule has 1 aromatic heterocycles. The summed E-state index contributed by atoms with van der Waals surface area (Å²) in [5, 5.41) is 9.17. The second-order valence-electron chi connectivity index (χ2n) is 6.95. The Kier molecular flexibility index (Phi) is 5.71. The van der Waals surface area contributed by atoms with E-state index in [1.807, 2.05) is 20.8 Å². The highest BCUT2D eigenvalue weighted by atomic mass is 32.2. The number of aromatic nitrogens is 1. The third-order valence-corrected chi connectivity index (χ3v) is 5.58. The van der Waals surface area contributed by atoms with Crippen LogP contribution in [0.3, 0.4) is 0 Å². The van der Waals surface area contributed by atoms with Crippen molar-refractivity contribution < 1.29 is 18.1 Å². The van der Waals surface area contributed by atoms with E-state index in [-0.39, 0.29) is 6.61 Å². The van der Waals surface area contributed by atoms with E-state index < -0.39 is 32.9 Å². The summed E-state index contributed by atoms with van der Waals surface area (Å²) in [4.78, 5) is 4.31. The average molecular weight is 368 g/mol. The van der Waals surface area contributed by atoms with Crippen LogP contribution in [-0.4, -0.2) is 19.0 Å². The van der Waals surface area contributed by atoms with Crippen LogP contribution in [-0.2, 0) is 23.1 Å². The van der Waals surface area contributed by atoms with E-state index in [4.69, 9.17) is 0 Å². The van der Waals surface area contributed by atoms with Crippen LogP contribution in [0.4, 0.5) is 8.78 Å². The summed E-state index contributed by atoms with van der Waals surface area (Å²) in [5.74, 6) is -1.94. The molecule has 2 N–H and O–H groups in total. The van der Waals surface area contributed by atoms with Gasteiger partial charge in [0.2, 0.25) is 0 Å². The maximum Gasteiger partial charge on any atom is 0.159 e. The number of benzene rings is 1. The fourth-order valence-corrected chi connectivity index (χ4v) is 3.12. The smallest absolute Gasteiger partial charge is 0.159 e. The molecule has 0 aliphatic rings. The van der Waals surface area contributed by atoms with E-state index >= 15 is 0 Å². The number of hydrogen-bond donors (Lipinski definition) is 2. The van der Waals surface area contributed by atoms with Crippen molar-refractivity contribution in [1.82, 2.24) is 9.71 Å². The number of halogens is 2. The molecule has 0 aliphatic heterocycles. The van der Waals surface area contributed by atoms with E-state index in [9.17, 15) is 18.1 Å². The molecule has 0 saturated heterocycles. The molecule has 0 radical (unpaired) electrons. The van der Waals surface area contributed by atoms with Crippen molar-refractivity contribution in [2.75, 3.05) is 0 Å². The Balaban J connectivity index is 2.56. The first-order valence-electron chi connectivity index (χ1n) is 7.79. The third kappa shape index (κ3) is 4.29. The van der Waals surface area contributed by atoms with Crippen LogP contribution in [0, 0.1) is 11.6 Å². The Labute approximate surface area is 148 Å². The molecule has 25 heavy (non-hydrogen) atoms. The van der Waals surface area contributed by atoms with Gasteiger partial charge in [-0.25, -0.2) is 17.7 Å². The van der Waals surface area contributed by atoms with E-state index in [1.165, 1.54) is 12.3 Å². The number of aliphatic hydroxyl groups excluding tert-OH is 1. The third-order valence-electron chi connectivity index (χ3n) is 3.87. The molecule has 0 bridgehead atoms. The molecule has 0 amide bonds. The Hall–Kier alpha value is -1.70. The number of pyridine rings is 1. The summed E-state index contributed by atoms with van der Waals surface area (Å²) in [6.07, 6.45) is 1.50. The molecule has 0 spiro atoms. The van der Waals surface area contributed by atoms with Crippen molar-refractivity contribution in [2.24, 2.45) is 0 Å². The van der Waals surface area contributed by atoms with Crippen LogP contribution in [0.5, 0.6) is 0 Å². The average Bonchev–Trinajstić information content (AvgIpc) is 2.56. The highest BCUT2D eigenvalue weighted by molar-refractivity contribution is 7.84. The summed E-state index contributed by atoms with van der Waals surface area (Å²) in [5.41, 5.74) is 0.385. The highest BCUT2D eigenvalue weighted by Crippen LogP contribution is 2.31. The van der Waals surface area contributed by atoms with Crippen molar-refractivity contribution in [1.29, 1.82) is 0 Å². The molecule has 0 aliphatic carbocycles. The maximum absolute atomic E-state index is 13.8. The number of aliphatic hydroxyl groups is 1. The standard InChI is InChI=1S/C18H22F2N2O2S/c1-17(2,3)25(24)22-18(4,13-6-7-14(19)15(20)9-13)16-8-5-12(11-23)10-21-16/h5-10,22-23H,11H2,1-4H3/t18?,25-/m1/s1. The SMILES string of the molecule is CC(N[S@](=O)C(C)(C)C)(c1ccc(F)c(F)c1)c1ccc(CO)cn1. The lowest BCUT2D eigenvalue weighted by Crippen LogP contribution is -2.47. The summed E-state index contributed by atoms with van der Waals surface area (Å²) in [6.45, 7) is 6.99. The van der Waals surface area contributed by atoms with E-state index in [2.05, 4.69) is 9.71 Å². The fraction of sp³-hybridized carbons (Fsp3) is 0.389. The summed E-state index contributed by atoms with van der Waals surface area (Å²) in [6, 6.07) is 6.89. The van der Waals surface area contributed by atoms with Gasteiger partial charge in [-0.15, -0.1) is 0 Å². The van der Waals surface area contributed by atoms with Gasteiger partial charge >= 0.3 is 0 Å². The Morgan fingerprint density at radius 3 is 2.28 bits per heavy atom. The minimum atomic E-state index is -1.48. The zero-order valence-corrected chi connectivity index (χ0v) is 15.5. The van der Waals surface area contributed by atoms with Crippen molar-refractivity contribution in [3.8, 4) is 0 Å². The van der Waals surface area contributed by atoms with Crippen molar-refractivity contribution in [2.45, 2.75) is 44.6 Å². The largest absolute Gasteiger partial charge is 0.392 e. The molecule has 0 fully saturated rings. The van der Waals surface area contributed by atoms with Gasteiger partial charge in [0.25, 0.3) is 0 Å². The van der Waals surface area contributed by atoms with Crippen LogP contribution >= 0.6 is 0 Å². The van der Waals surface area contributed by atoms with Crippen LogP contribution in [0.2, 0.25) is 0 Å². The van der Waals surface area contributed by atoms with Gasteiger partial charge in [-0.05, 0) is 57.0 Å². The molecule has 2 aromatic rings. The molecular formula is C18H22F2N2O2S. The first-order valence-corrected chi connectivity index (χ1v) is 8.94. The monoisotopic (exact) mass is 368 g/mol. The first-order chi connectivity index (χ1) is 11.6. The van der Waals surface area contributed by atoms with Gasteiger partial charge in [-0.1, -0.05) is 12.1 Å². The second-order valence-corrected chi connectivity index (χ2v) is 8.91. The molecule has 7 heteroatoms. The van der Waals surface area contributed by atoms with Crippen molar-refractivity contribution in [3.63, 3.8) is 0 Å². The molecule has 2 rings (SSSR count). The van der Waals surface area contributed by atoms with Gasteiger partial charge in [-0.2, -0.15) is 0 Å². The normalized spacial score (nSPS) is 15.6. The van der Waals surface area contributed by atoms with Crippen LogP contribution < -0.4 is 4.72 Å². The van der Waals surface area contributed by atoms with Gasteiger partial charge < -0.3 is 5.11 Å². The predicted octanol–water partition coefficient (Wildman–Crippen LogP) is 3.17. The Bertz CT molecular complexity index is 776. The maximum atomic E-state index is 13.8. The van der Waals surface area contributed by atoms with Crippen molar-refractivity contribution in [3.05, 3.63) is 65.0 Å². The van der Waals surface area contributed by atoms with E-state index in [1.54, 1.807) is 19.1 Å². The zero-order valence-electron chi connectivity index (χ0n) is 14.6. The Morgan fingerprint density at radius 2 is 1.80 bits per heavy atom. The van der Waals surface area contributed by atoms with Gasteiger partial charge in [0, 0.05) is 6.20 Å². The predicted molar refractivity (Wildman–Crippen MR) is 94.0 cm³/mol. The second kappa shape index (κ2) is 7.27. The number of nitrogens with zero attached hydrogens (tertiary/aromatic N) is 1. The van der Waals surface area contributed by atoms with Gasteiger partial charge in [0.15, 0.2) is 11.6 Å². The molecule has 1 unspecified atom stereocenters. The minimum Gasteiger partial charge on any atom is -0.392 e. The summed E-state index contributed by atoms with van der Waals surface area (Å²) >= 11 is 0. The first kappa shape index (κ1) is 19.6. The lowest BCUT2D eigenvalue weighted by molar-refractivity contribution is 0.281. The Morgan fingerprint density at radius 1 is 1.12 bits per heavy atom. The molecule has 136 valence electrons. The quantitative estimate of drug-likeness (QED) is 0.852.